The van der Waals surface area contributed by atoms with Gasteiger partial charge in [-0.3, -0.25) is 0 Å². The maximum absolute atomic E-state index is 11.2. The second-order valence-corrected chi connectivity index (χ2v) is 2.74. The van der Waals surface area contributed by atoms with Crippen LogP contribution in [0.3, 0.4) is 0 Å². The smallest absolute Gasteiger partial charge is 0.341 e. The van der Waals surface area contributed by atoms with Crippen molar-refractivity contribution in [3.63, 3.8) is 0 Å². The van der Waals surface area contributed by atoms with Crippen LogP contribution in [0, 0.1) is 0 Å². The summed E-state index contributed by atoms with van der Waals surface area (Å²) in [5, 5.41) is 0.140. The van der Waals surface area contributed by atoms with Crippen molar-refractivity contribution in [1.82, 2.24) is 0 Å². The van der Waals surface area contributed by atoms with E-state index >= 15 is 0 Å². The highest BCUT2D eigenvalue weighted by atomic mass is 32.1. The predicted octanol–water partition coefficient (Wildman–Crippen LogP) is 1.23. The number of hydrogen-bond acceptors (Lipinski definition) is 4. The standard InChI is InChI=1S/C8H13NO2S/c1-4-11-8(10)6(5(2)3)7(9)12/h12H,2,4,9H2,1,3H3/b7-6+. The summed E-state index contributed by atoms with van der Waals surface area (Å²) in [6, 6.07) is 0. The van der Waals surface area contributed by atoms with E-state index in [0.29, 0.717) is 12.2 Å². The fourth-order valence-corrected chi connectivity index (χ4v) is 0.983. The van der Waals surface area contributed by atoms with Crippen molar-refractivity contribution >= 4 is 18.6 Å². The summed E-state index contributed by atoms with van der Waals surface area (Å²) in [7, 11) is 0. The Labute approximate surface area is 77.7 Å². The van der Waals surface area contributed by atoms with Gasteiger partial charge >= 0.3 is 5.97 Å². The maximum Gasteiger partial charge on any atom is 0.341 e. The molecule has 0 aromatic rings. The lowest BCUT2D eigenvalue weighted by Crippen LogP contribution is -2.12. The van der Waals surface area contributed by atoms with Crippen molar-refractivity contribution in [2.45, 2.75) is 13.8 Å². The second-order valence-electron chi connectivity index (χ2n) is 2.26. The monoisotopic (exact) mass is 187 g/mol. The minimum absolute atomic E-state index is 0.140. The zero-order valence-corrected chi connectivity index (χ0v) is 8.15. The molecular formula is C8H13NO2S. The molecule has 0 aliphatic rings. The van der Waals surface area contributed by atoms with Gasteiger partial charge in [-0.1, -0.05) is 6.58 Å². The number of rotatable bonds is 3. The van der Waals surface area contributed by atoms with Crippen LogP contribution in [0.15, 0.2) is 22.8 Å². The number of carbonyl (C=O) groups is 1. The van der Waals surface area contributed by atoms with Gasteiger partial charge in [-0.25, -0.2) is 4.79 Å². The molecule has 0 bridgehead atoms. The number of esters is 1. The van der Waals surface area contributed by atoms with E-state index in [1.807, 2.05) is 0 Å². The first-order valence-corrected chi connectivity index (χ1v) is 3.97. The summed E-state index contributed by atoms with van der Waals surface area (Å²) in [4.78, 5) is 11.2. The van der Waals surface area contributed by atoms with E-state index < -0.39 is 5.97 Å². The maximum atomic E-state index is 11.2. The van der Waals surface area contributed by atoms with Gasteiger partial charge < -0.3 is 10.5 Å². The average Bonchev–Trinajstić information content (AvgIpc) is 1.85. The fraction of sp³-hybridized carbons (Fsp3) is 0.375. The van der Waals surface area contributed by atoms with E-state index in [2.05, 4.69) is 19.2 Å². The quantitative estimate of drug-likeness (QED) is 0.302. The molecule has 0 aliphatic heterocycles. The van der Waals surface area contributed by atoms with Gasteiger partial charge in [0, 0.05) is 0 Å². The Morgan fingerprint density at radius 3 is 2.42 bits per heavy atom. The second kappa shape index (κ2) is 4.87. The summed E-state index contributed by atoms with van der Waals surface area (Å²) < 4.78 is 4.74. The molecule has 0 amide bonds. The Hall–Kier alpha value is -0.900. The van der Waals surface area contributed by atoms with Crippen molar-refractivity contribution in [3.8, 4) is 0 Å². The highest BCUT2D eigenvalue weighted by Crippen LogP contribution is 2.13. The van der Waals surface area contributed by atoms with Crippen molar-refractivity contribution in [3.05, 3.63) is 22.8 Å². The Morgan fingerprint density at radius 1 is 1.67 bits per heavy atom. The van der Waals surface area contributed by atoms with E-state index in [4.69, 9.17) is 10.5 Å². The number of ether oxygens (including phenoxy) is 1. The van der Waals surface area contributed by atoms with Gasteiger partial charge in [0.15, 0.2) is 0 Å². The Bertz CT molecular complexity index is 229. The van der Waals surface area contributed by atoms with Gasteiger partial charge in [0.2, 0.25) is 0 Å². The SMILES string of the molecule is C=C(C)/C(C(=O)OCC)=C(/N)S. The van der Waals surface area contributed by atoms with E-state index in [1.54, 1.807) is 13.8 Å². The Morgan fingerprint density at radius 2 is 2.17 bits per heavy atom. The lowest BCUT2D eigenvalue weighted by atomic mass is 10.1. The zero-order chi connectivity index (χ0) is 9.72. The molecule has 0 unspecified atom stereocenters. The molecule has 0 spiro atoms. The molecule has 0 atom stereocenters. The molecule has 0 aromatic heterocycles. The van der Waals surface area contributed by atoms with Crippen molar-refractivity contribution in [1.29, 1.82) is 0 Å². The molecule has 0 saturated heterocycles. The molecule has 0 fully saturated rings. The van der Waals surface area contributed by atoms with Crippen LogP contribution in [-0.2, 0) is 9.53 Å². The largest absolute Gasteiger partial charge is 0.462 e. The molecule has 0 aliphatic carbocycles. The summed E-state index contributed by atoms with van der Waals surface area (Å²) in [6.07, 6.45) is 0. The van der Waals surface area contributed by atoms with Crippen molar-refractivity contribution < 1.29 is 9.53 Å². The molecule has 0 saturated carbocycles. The van der Waals surface area contributed by atoms with Gasteiger partial charge in [-0.15, -0.1) is 12.6 Å². The first-order valence-electron chi connectivity index (χ1n) is 3.52. The van der Waals surface area contributed by atoms with Crippen LogP contribution < -0.4 is 5.73 Å². The van der Waals surface area contributed by atoms with Crippen molar-refractivity contribution in [2.75, 3.05) is 6.61 Å². The molecular weight excluding hydrogens is 174 g/mol. The molecule has 2 N–H and O–H groups in total. The topological polar surface area (TPSA) is 52.3 Å². The summed E-state index contributed by atoms with van der Waals surface area (Å²) in [5.41, 5.74) is 6.16. The molecule has 12 heavy (non-hydrogen) atoms. The van der Waals surface area contributed by atoms with Gasteiger partial charge in [0.25, 0.3) is 0 Å². The highest BCUT2D eigenvalue weighted by Gasteiger charge is 2.13. The van der Waals surface area contributed by atoms with Gasteiger partial charge in [-0.05, 0) is 19.4 Å². The van der Waals surface area contributed by atoms with Crippen molar-refractivity contribution in [2.24, 2.45) is 5.73 Å². The van der Waals surface area contributed by atoms with Crippen LogP contribution in [0.4, 0.5) is 0 Å². The molecule has 0 aromatic carbocycles. The number of nitrogens with two attached hydrogens (primary N) is 1. The lowest BCUT2D eigenvalue weighted by Gasteiger charge is -2.06. The Balaban J connectivity index is 4.67. The van der Waals surface area contributed by atoms with E-state index in [0.717, 1.165) is 0 Å². The molecule has 68 valence electrons. The summed E-state index contributed by atoms with van der Waals surface area (Å²) in [5.74, 6) is -0.475. The first kappa shape index (κ1) is 11.1. The van der Waals surface area contributed by atoms with Crippen LogP contribution in [-0.4, -0.2) is 12.6 Å². The average molecular weight is 187 g/mol. The van der Waals surface area contributed by atoms with Crippen LogP contribution in [0.2, 0.25) is 0 Å². The van der Waals surface area contributed by atoms with Crippen LogP contribution in [0.25, 0.3) is 0 Å². The minimum atomic E-state index is -0.475. The minimum Gasteiger partial charge on any atom is -0.462 e. The predicted molar refractivity (Wildman–Crippen MR) is 51.6 cm³/mol. The van der Waals surface area contributed by atoms with Gasteiger partial charge in [0.1, 0.15) is 0 Å². The molecule has 3 nitrogen and oxygen atoms in total. The molecule has 0 rings (SSSR count). The highest BCUT2D eigenvalue weighted by molar-refractivity contribution is 7.84. The number of thiol groups is 1. The first-order chi connectivity index (χ1) is 5.50. The van der Waals surface area contributed by atoms with Gasteiger partial charge in [-0.2, -0.15) is 0 Å². The summed E-state index contributed by atoms with van der Waals surface area (Å²) >= 11 is 3.86. The normalized spacial score (nSPS) is 11.9. The van der Waals surface area contributed by atoms with E-state index in [9.17, 15) is 4.79 Å². The third kappa shape index (κ3) is 3.00. The van der Waals surface area contributed by atoms with E-state index in [-0.39, 0.29) is 10.6 Å². The number of hydrogen-bond donors (Lipinski definition) is 2. The number of carbonyl (C=O) groups excluding carboxylic acids is 1. The fourth-order valence-electron chi connectivity index (χ4n) is 0.701. The lowest BCUT2D eigenvalue weighted by molar-refractivity contribution is -0.138. The Kier molecular flexibility index (Phi) is 4.51. The third-order valence-electron chi connectivity index (χ3n) is 1.16. The van der Waals surface area contributed by atoms with Crippen LogP contribution >= 0.6 is 12.6 Å². The molecule has 0 heterocycles. The van der Waals surface area contributed by atoms with Gasteiger partial charge in [0.05, 0.1) is 17.2 Å². The molecule has 4 heteroatoms. The zero-order valence-electron chi connectivity index (χ0n) is 7.26. The third-order valence-corrected chi connectivity index (χ3v) is 1.39. The van der Waals surface area contributed by atoms with Crippen LogP contribution in [0.5, 0.6) is 0 Å². The molecule has 0 radical (unpaired) electrons. The van der Waals surface area contributed by atoms with E-state index in [1.165, 1.54) is 0 Å². The van der Waals surface area contributed by atoms with Crippen LogP contribution in [0.1, 0.15) is 13.8 Å². The summed E-state index contributed by atoms with van der Waals surface area (Å²) in [6.45, 7) is 7.31.